The van der Waals surface area contributed by atoms with Gasteiger partial charge in [0.15, 0.2) is 11.6 Å². The number of anilines is 2. The van der Waals surface area contributed by atoms with Gasteiger partial charge in [-0.1, -0.05) is 25.7 Å². The number of aliphatic hydroxyl groups excluding tert-OH is 1. The summed E-state index contributed by atoms with van der Waals surface area (Å²) < 4.78 is 44.5. The van der Waals surface area contributed by atoms with Crippen molar-refractivity contribution >= 4 is 27.6 Å². The number of nitrogens with one attached hydrogen (secondary N) is 2. The van der Waals surface area contributed by atoms with Crippen molar-refractivity contribution in [1.29, 1.82) is 0 Å². The van der Waals surface area contributed by atoms with Crippen molar-refractivity contribution in [2.45, 2.75) is 20.0 Å². The standard InChI is InChI=1S/C27H31FN6O5S/c1-3-34(4-2)17-21(35)16-32-27(36)19-8-5-18(6-9-19)7-11-22-24(13-14-31-26(22)29)39-25-12-10-20(15-23(25)28)33-40(30,37)38/h5-6,8-10,12-15,21,33,35H,3-4,16-17H2,1-2H3,(H2,29,31)(H,32,36)(H2,30,37,38). The number of nitrogens with two attached hydrogens (primary N) is 2. The van der Waals surface area contributed by atoms with Crippen molar-refractivity contribution in [3.63, 3.8) is 0 Å². The van der Waals surface area contributed by atoms with Crippen LogP contribution in [0, 0.1) is 17.7 Å². The number of carbonyl (C=O) groups excluding carboxylic acids is 1. The van der Waals surface area contributed by atoms with E-state index in [0.29, 0.717) is 17.7 Å². The molecule has 0 saturated heterocycles. The molecule has 13 heteroatoms. The van der Waals surface area contributed by atoms with Crippen LogP contribution in [0.15, 0.2) is 54.7 Å². The minimum absolute atomic E-state index is 0.0530. The van der Waals surface area contributed by atoms with Crippen molar-refractivity contribution < 1.29 is 27.4 Å². The van der Waals surface area contributed by atoms with Gasteiger partial charge in [-0.05, 0) is 49.5 Å². The highest BCUT2D eigenvalue weighted by molar-refractivity contribution is 7.90. The Bertz CT molecular complexity index is 1500. The van der Waals surface area contributed by atoms with Crippen LogP contribution in [0.25, 0.3) is 0 Å². The summed E-state index contributed by atoms with van der Waals surface area (Å²) in [6.45, 7) is 6.24. The van der Waals surface area contributed by atoms with Gasteiger partial charge in [-0.25, -0.2) is 14.5 Å². The molecule has 0 aliphatic carbocycles. The van der Waals surface area contributed by atoms with E-state index in [1.54, 1.807) is 24.3 Å². The van der Waals surface area contributed by atoms with E-state index in [9.17, 15) is 22.7 Å². The number of hydrogen-bond donors (Lipinski definition) is 5. The number of halogens is 1. The molecule has 3 aromatic rings. The summed E-state index contributed by atoms with van der Waals surface area (Å²) in [5.41, 5.74) is 7.09. The number of rotatable bonds is 11. The van der Waals surface area contributed by atoms with Crippen molar-refractivity contribution in [3.05, 3.63) is 77.2 Å². The Labute approximate surface area is 232 Å². The fourth-order valence-corrected chi connectivity index (χ4v) is 4.05. The summed E-state index contributed by atoms with van der Waals surface area (Å²) in [6.07, 6.45) is 0.692. The molecule has 1 aromatic heterocycles. The van der Waals surface area contributed by atoms with E-state index in [0.717, 1.165) is 19.2 Å². The Balaban J connectivity index is 1.70. The molecule has 40 heavy (non-hydrogen) atoms. The first-order valence-corrected chi connectivity index (χ1v) is 13.9. The van der Waals surface area contributed by atoms with Crippen LogP contribution < -0.4 is 25.6 Å². The van der Waals surface area contributed by atoms with Gasteiger partial charge in [0.25, 0.3) is 16.1 Å². The molecule has 2 aromatic carbocycles. The Morgan fingerprint density at radius 1 is 1.12 bits per heavy atom. The molecule has 0 radical (unpaired) electrons. The van der Waals surface area contributed by atoms with Crippen LogP contribution in [0.5, 0.6) is 11.5 Å². The average Bonchev–Trinajstić information content (AvgIpc) is 2.91. The molecule has 1 heterocycles. The van der Waals surface area contributed by atoms with Crippen LogP contribution in [0.2, 0.25) is 0 Å². The molecular formula is C27H31FN6O5S. The van der Waals surface area contributed by atoms with Crippen LogP contribution in [0.3, 0.4) is 0 Å². The number of ether oxygens (including phenoxy) is 1. The SMILES string of the molecule is CCN(CC)CC(O)CNC(=O)c1ccc(C#Cc2c(Oc3ccc(NS(N)(=O)=O)cc3F)ccnc2N)cc1. The monoisotopic (exact) mass is 570 g/mol. The van der Waals surface area contributed by atoms with Crippen LogP contribution in [0.4, 0.5) is 15.9 Å². The van der Waals surface area contributed by atoms with E-state index >= 15 is 0 Å². The first kappa shape index (κ1) is 30.3. The maximum atomic E-state index is 14.6. The van der Waals surface area contributed by atoms with Crippen molar-refractivity contribution in [2.75, 3.05) is 36.6 Å². The Morgan fingerprint density at radius 3 is 2.45 bits per heavy atom. The summed E-state index contributed by atoms with van der Waals surface area (Å²) in [7, 11) is -4.07. The Hall–Kier alpha value is -4.22. The fraction of sp³-hybridized carbons (Fsp3) is 0.259. The second-order valence-electron chi connectivity index (χ2n) is 8.64. The van der Waals surface area contributed by atoms with Gasteiger partial charge in [0, 0.05) is 42.5 Å². The molecule has 0 fully saturated rings. The first-order valence-electron chi connectivity index (χ1n) is 12.3. The van der Waals surface area contributed by atoms with Gasteiger partial charge >= 0.3 is 0 Å². The first-order chi connectivity index (χ1) is 19.0. The second-order valence-corrected chi connectivity index (χ2v) is 9.93. The number of carbonyl (C=O) groups is 1. The number of aliphatic hydroxyl groups is 1. The molecule has 0 aliphatic rings. The van der Waals surface area contributed by atoms with Gasteiger partial charge in [-0.3, -0.25) is 9.52 Å². The number of pyridine rings is 1. The van der Waals surface area contributed by atoms with Gasteiger partial charge in [-0.15, -0.1) is 0 Å². The van der Waals surface area contributed by atoms with E-state index in [4.69, 9.17) is 15.6 Å². The molecule has 7 N–H and O–H groups in total. The highest BCUT2D eigenvalue weighted by Gasteiger charge is 2.14. The molecule has 212 valence electrons. The van der Waals surface area contributed by atoms with Gasteiger partial charge in [-0.2, -0.15) is 8.42 Å². The zero-order valence-electron chi connectivity index (χ0n) is 22.0. The highest BCUT2D eigenvalue weighted by atomic mass is 32.2. The average molecular weight is 571 g/mol. The number of amides is 1. The minimum atomic E-state index is -4.07. The third kappa shape index (κ3) is 8.92. The molecule has 1 amide bonds. The van der Waals surface area contributed by atoms with Crippen molar-refractivity contribution in [3.8, 4) is 23.3 Å². The van der Waals surface area contributed by atoms with E-state index in [2.05, 4.69) is 27.0 Å². The lowest BCUT2D eigenvalue weighted by Crippen LogP contribution is -2.40. The maximum absolute atomic E-state index is 14.6. The normalized spacial score (nSPS) is 11.8. The van der Waals surface area contributed by atoms with Crippen LogP contribution in [-0.2, 0) is 10.2 Å². The Morgan fingerprint density at radius 2 is 1.82 bits per heavy atom. The topological polar surface area (TPSA) is 173 Å². The summed E-state index contributed by atoms with van der Waals surface area (Å²) in [5, 5.41) is 17.8. The molecule has 0 saturated carbocycles. The molecule has 0 aliphatic heterocycles. The fourth-order valence-electron chi connectivity index (χ4n) is 3.60. The highest BCUT2D eigenvalue weighted by Crippen LogP contribution is 2.30. The number of nitrogens with zero attached hydrogens (tertiary/aromatic N) is 2. The molecule has 0 bridgehead atoms. The largest absolute Gasteiger partial charge is 0.453 e. The third-order valence-corrected chi connectivity index (χ3v) is 6.21. The van der Waals surface area contributed by atoms with E-state index in [1.807, 2.05) is 18.6 Å². The van der Waals surface area contributed by atoms with E-state index in [-0.39, 0.29) is 41.0 Å². The quantitative estimate of drug-likeness (QED) is 0.218. The number of hydrogen-bond acceptors (Lipinski definition) is 8. The summed E-state index contributed by atoms with van der Waals surface area (Å²) in [4.78, 5) is 18.5. The second kappa shape index (κ2) is 13.7. The minimum Gasteiger partial charge on any atom is -0.453 e. The zero-order valence-corrected chi connectivity index (χ0v) is 22.8. The summed E-state index contributed by atoms with van der Waals surface area (Å²) in [5.74, 6) is 4.59. The van der Waals surface area contributed by atoms with Gasteiger partial charge < -0.3 is 25.8 Å². The zero-order chi connectivity index (χ0) is 29.3. The van der Waals surface area contributed by atoms with Gasteiger partial charge in [0.2, 0.25) is 0 Å². The van der Waals surface area contributed by atoms with E-state index in [1.165, 1.54) is 24.4 Å². The molecular weight excluding hydrogens is 539 g/mol. The lowest BCUT2D eigenvalue weighted by atomic mass is 10.1. The van der Waals surface area contributed by atoms with E-state index < -0.39 is 22.1 Å². The van der Waals surface area contributed by atoms with Gasteiger partial charge in [0.05, 0.1) is 11.8 Å². The lowest BCUT2D eigenvalue weighted by molar-refractivity contribution is 0.0869. The van der Waals surface area contributed by atoms with Crippen LogP contribution in [-0.4, -0.2) is 61.6 Å². The number of nitrogen functional groups attached to an aromatic ring is 1. The summed E-state index contributed by atoms with van der Waals surface area (Å²) in [6, 6.07) is 11.4. The Kier molecular flexibility index (Phi) is 10.4. The summed E-state index contributed by atoms with van der Waals surface area (Å²) >= 11 is 0. The lowest BCUT2D eigenvalue weighted by Gasteiger charge is -2.22. The predicted molar refractivity (Wildman–Crippen MR) is 150 cm³/mol. The molecule has 11 nitrogen and oxygen atoms in total. The van der Waals surface area contributed by atoms with Crippen molar-refractivity contribution in [1.82, 2.24) is 15.2 Å². The molecule has 3 rings (SSSR count). The molecule has 1 atom stereocenters. The predicted octanol–water partition coefficient (Wildman–Crippen LogP) is 2.04. The van der Waals surface area contributed by atoms with Crippen molar-refractivity contribution in [2.24, 2.45) is 5.14 Å². The molecule has 0 spiro atoms. The van der Waals surface area contributed by atoms with Crippen LogP contribution in [0.1, 0.15) is 35.3 Å². The van der Waals surface area contributed by atoms with Crippen LogP contribution >= 0.6 is 0 Å². The number of aromatic nitrogens is 1. The maximum Gasteiger partial charge on any atom is 0.296 e. The number of likely N-dealkylation sites (N-methyl/N-ethyl adjacent to an activating group) is 1. The number of benzene rings is 2. The van der Waals surface area contributed by atoms with Gasteiger partial charge in [0.1, 0.15) is 17.1 Å². The smallest absolute Gasteiger partial charge is 0.296 e. The molecule has 1 unspecified atom stereocenters. The third-order valence-electron chi connectivity index (χ3n) is 5.69.